The second-order valence-electron chi connectivity index (χ2n) is 7.28. The first-order valence-electron chi connectivity index (χ1n) is 9.72. The van der Waals surface area contributed by atoms with Gasteiger partial charge in [-0.15, -0.1) is 0 Å². The number of imidazole rings is 1. The van der Waals surface area contributed by atoms with E-state index in [2.05, 4.69) is 9.72 Å². The van der Waals surface area contributed by atoms with E-state index in [-0.39, 0.29) is 5.75 Å². The summed E-state index contributed by atoms with van der Waals surface area (Å²) in [6.07, 6.45) is 1.76. The topological polar surface area (TPSA) is 49.2 Å². The molecule has 0 N–H and O–H groups in total. The van der Waals surface area contributed by atoms with Crippen molar-refractivity contribution in [3.05, 3.63) is 53.5 Å². The Morgan fingerprint density at radius 2 is 2.03 bits per heavy atom. The van der Waals surface area contributed by atoms with Crippen LogP contribution in [0.15, 0.2) is 36.5 Å². The first kappa shape index (κ1) is 20.4. The Kier molecular flexibility index (Phi) is 5.76. The minimum absolute atomic E-state index is 0.117. The molecule has 0 aliphatic carbocycles. The number of halogens is 3. The number of alkyl halides is 3. The highest BCUT2D eigenvalue weighted by Gasteiger charge is 2.25. The Morgan fingerprint density at radius 3 is 2.73 bits per heavy atom. The second-order valence-corrected chi connectivity index (χ2v) is 7.28. The van der Waals surface area contributed by atoms with Gasteiger partial charge in [0.05, 0.1) is 18.8 Å². The number of pyridine rings is 1. The number of ether oxygens (including phenoxy) is 2. The minimum Gasteiger partial charge on any atom is -0.435 e. The van der Waals surface area contributed by atoms with E-state index in [0.717, 1.165) is 28.2 Å². The van der Waals surface area contributed by atoms with Crippen molar-refractivity contribution in [1.82, 2.24) is 14.5 Å². The van der Waals surface area contributed by atoms with Crippen LogP contribution in [0.2, 0.25) is 0 Å². The monoisotopic (exact) mass is 417 g/mol. The molecule has 0 saturated heterocycles. The third-order valence-corrected chi connectivity index (χ3v) is 5.14. The summed E-state index contributed by atoms with van der Waals surface area (Å²) in [6, 6.07) is 8.80. The zero-order valence-electron chi connectivity index (χ0n) is 16.7. The number of benzene rings is 1. The average molecular weight is 417 g/mol. The zero-order chi connectivity index (χ0) is 21.3. The standard InChI is InChI=1S/C22H22F3N3O2/c1-13-9-16(3-4-19(13)30-22(24)25)21-27-20(15-5-7-26-14(2)10-15)18-6-8-29-17(11-23)12-28(18)21/h3-5,7,9-10,17,22H,6,8,11-12H2,1-2H3. The van der Waals surface area contributed by atoms with Crippen molar-refractivity contribution in [3.8, 4) is 28.4 Å². The molecular weight excluding hydrogens is 395 g/mol. The molecule has 0 saturated carbocycles. The highest BCUT2D eigenvalue weighted by atomic mass is 19.3. The summed E-state index contributed by atoms with van der Waals surface area (Å²) in [4.78, 5) is 9.13. The fourth-order valence-corrected chi connectivity index (χ4v) is 3.77. The predicted octanol–water partition coefficient (Wildman–Crippen LogP) is 4.74. The average Bonchev–Trinajstić information content (AvgIpc) is 2.92. The van der Waals surface area contributed by atoms with Crippen LogP contribution in [0, 0.1) is 13.8 Å². The molecule has 5 nitrogen and oxygen atoms in total. The number of aryl methyl sites for hydroxylation is 2. The first-order valence-corrected chi connectivity index (χ1v) is 9.72. The highest BCUT2D eigenvalue weighted by molar-refractivity contribution is 5.69. The van der Waals surface area contributed by atoms with Crippen LogP contribution in [-0.4, -0.2) is 40.5 Å². The maximum Gasteiger partial charge on any atom is 0.387 e. The second kappa shape index (κ2) is 8.47. The molecule has 1 aromatic carbocycles. The van der Waals surface area contributed by atoms with Gasteiger partial charge in [0.25, 0.3) is 0 Å². The number of aromatic nitrogens is 3. The lowest BCUT2D eigenvalue weighted by atomic mass is 10.1. The summed E-state index contributed by atoms with van der Waals surface area (Å²) in [5, 5.41) is 0. The Labute approximate surface area is 172 Å². The Hall–Kier alpha value is -2.87. The number of nitrogens with zero attached hydrogens (tertiary/aromatic N) is 3. The number of hydrogen-bond donors (Lipinski definition) is 0. The van der Waals surface area contributed by atoms with E-state index in [4.69, 9.17) is 9.72 Å². The van der Waals surface area contributed by atoms with Crippen molar-refractivity contribution in [1.29, 1.82) is 0 Å². The molecule has 0 bridgehead atoms. The van der Waals surface area contributed by atoms with E-state index in [1.807, 2.05) is 23.6 Å². The molecule has 3 aromatic rings. The van der Waals surface area contributed by atoms with Gasteiger partial charge >= 0.3 is 6.61 Å². The van der Waals surface area contributed by atoms with Crippen molar-refractivity contribution in [2.45, 2.75) is 39.5 Å². The molecule has 1 unspecified atom stereocenters. The van der Waals surface area contributed by atoms with Gasteiger partial charge in [-0.2, -0.15) is 8.78 Å². The van der Waals surface area contributed by atoms with Crippen LogP contribution in [0.5, 0.6) is 5.75 Å². The minimum atomic E-state index is -2.89. The number of rotatable bonds is 5. The van der Waals surface area contributed by atoms with E-state index in [1.165, 1.54) is 6.07 Å². The third kappa shape index (κ3) is 4.05. The molecule has 0 radical (unpaired) electrons. The van der Waals surface area contributed by atoms with Crippen molar-refractivity contribution in [2.75, 3.05) is 13.3 Å². The molecule has 1 aliphatic heterocycles. The zero-order valence-corrected chi connectivity index (χ0v) is 16.7. The van der Waals surface area contributed by atoms with Crippen molar-refractivity contribution < 1.29 is 22.6 Å². The van der Waals surface area contributed by atoms with Gasteiger partial charge in [-0.05, 0) is 49.7 Å². The Balaban J connectivity index is 1.84. The lowest BCUT2D eigenvalue weighted by molar-refractivity contribution is -0.0502. The summed E-state index contributed by atoms with van der Waals surface area (Å²) >= 11 is 0. The molecule has 3 heterocycles. The van der Waals surface area contributed by atoms with E-state index < -0.39 is 19.4 Å². The molecule has 2 aromatic heterocycles. The third-order valence-electron chi connectivity index (χ3n) is 5.14. The molecule has 0 spiro atoms. The van der Waals surface area contributed by atoms with Crippen LogP contribution < -0.4 is 4.74 Å². The van der Waals surface area contributed by atoms with Crippen LogP contribution in [0.4, 0.5) is 13.2 Å². The molecule has 0 amide bonds. The van der Waals surface area contributed by atoms with Gasteiger partial charge in [0, 0.05) is 35.1 Å². The predicted molar refractivity (Wildman–Crippen MR) is 106 cm³/mol. The van der Waals surface area contributed by atoms with Gasteiger partial charge in [0.1, 0.15) is 24.4 Å². The van der Waals surface area contributed by atoms with E-state index >= 15 is 0 Å². The quantitative estimate of drug-likeness (QED) is 0.602. The molecule has 0 fully saturated rings. The van der Waals surface area contributed by atoms with Crippen LogP contribution in [0.1, 0.15) is 17.0 Å². The Bertz CT molecular complexity index is 1050. The van der Waals surface area contributed by atoms with Gasteiger partial charge in [-0.1, -0.05) is 0 Å². The van der Waals surface area contributed by atoms with Crippen molar-refractivity contribution in [3.63, 3.8) is 0 Å². The van der Waals surface area contributed by atoms with E-state index in [1.54, 1.807) is 25.3 Å². The largest absolute Gasteiger partial charge is 0.435 e. The Morgan fingerprint density at radius 1 is 1.20 bits per heavy atom. The summed E-state index contributed by atoms with van der Waals surface area (Å²) < 4.78 is 50.8. The maximum absolute atomic E-state index is 13.5. The molecule has 30 heavy (non-hydrogen) atoms. The number of hydrogen-bond acceptors (Lipinski definition) is 4. The van der Waals surface area contributed by atoms with Crippen molar-refractivity contribution in [2.24, 2.45) is 0 Å². The molecular formula is C22H22F3N3O2. The lowest BCUT2D eigenvalue weighted by Crippen LogP contribution is -2.21. The fourth-order valence-electron chi connectivity index (χ4n) is 3.77. The molecule has 8 heteroatoms. The normalized spacial score (nSPS) is 16.4. The van der Waals surface area contributed by atoms with Gasteiger partial charge < -0.3 is 14.0 Å². The van der Waals surface area contributed by atoms with Crippen molar-refractivity contribution >= 4 is 0 Å². The van der Waals surface area contributed by atoms with Gasteiger partial charge in [-0.3, -0.25) is 4.98 Å². The lowest BCUT2D eigenvalue weighted by Gasteiger charge is -2.15. The molecule has 1 aliphatic rings. The molecule has 1 atom stereocenters. The van der Waals surface area contributed by atoms with Crippen LogP contribution in [-0.2, 0) is 17.7 Å². The molecule has 4 rings (SSSR count). The summed E-state index contributed by atoms with van der Waals surface area (Å²) in [5.41, 5.74) is 4.85. The summed E-state index contributed by atoms with van der Waals surface area (Å²) in [5.74, 6) is 0.761. The summed E-state index contributed by atoms with van der Waals surface area (Å²) in [7, 11) is 0. The number of fused-ring (bicyclic) bond motifs is 1. The van der Waals surface area contributed by atoms with Crippen LogP contribution in [0.3, 0.4) is 0 Å². The SMILES string of the molecule is Cc1cc(-c2nc(-c3ccc(OC(F)F)c(C)c3)n3c2CCOC(CF)C3)ccn1. The fraction of sp³-hybridized carbons (Fsp3) is 0.364. The van der Waals surface area contributed by atoms with Gasteiger partial charge in [0.2, 0.25) is 0 Å². The van der Waals surface area contributed by atoms with Crippen LogP contribution in [0.25, 0.3) is 22.6 Å². The van der Waals surface area contributed by atoms with E-state index in [0.29, 0.717) is 31.0 Å². The highest BCUT2D eigenvalue weighted by Crippen LogP contribution is 2.34. The van der Waals surface area contributed by atoms with Gasteiger partial charge in [-0.25, -0.2) is 9.37 Å². The first-order chi connectivity index (χ1) is 14.5. The van der Waals surface area contributed by atoms with E-state index in [9.17, 15) is 13.2 Å². The maximum atomic E-state index is 13.5. The van der Waals surface area contributed by atoms with Crippen LogP contribution >= 0.6 is 0 Å². The smallest absolute Gasteiger partial charge is 0.387 e. The van der Waals surface area contributed by atoms with Gasteiger partial charge in [0.15, 0.2) is 0 Å². The molecule has 158 valence electrons. The summed E-state index contributed by atoms with van der Waals surface area (Å²) in [6.45, 7) is 0.853.